The number of nitrogens with two attached hydrogens (primary N) is 1. The van der Waals surface area contributed by atoms with E-state index in [1.54, 1.807) is 6.07 Å². The van der Waals surface area contributed by atoms with Gasteiger partial charge >= 0.3 is 0 Å². The van der Waals surface area contributed by atoms with Gasteiger partial charge in [-0.1, -0.05) is 35.7 Å². The third-order valence-electron chi connectivity index (χ3n) is 5.04. The molecular formula is C17H26BrFN2. The average molecular weight is 357 g/mol. The van der Waals surface area contributed by atoms with Gasteiger partial charge in [-0.05, 0) is 63.0 Å². The Balaban J connectivity index is 2.23. The van der Waals surface area contributed by atoms with Gasteiger partial charge in [0.2, 0.25) is 0 Å². The minimum Gasteiger partial charge on any atom is -0.326 e. The molecule has 3 atom stereocenters. The zero-order valence-electron chi connectivity index (χ0n) is 13.2. The fourth-order valence-electron chi connectivity index (χ4n) is 3.77. The lowest BCUT2D eigenvalue weighted by Gasteiger charge is -2.49. The molecule has 0 saturated heterocycles. The largest absolute Gasteiger partial charge is 0.326 e. The highest BCUT2D eigenvalue weighted by Gasteiger charge is 2.42. The van der Waals surface area contributed by atoms with Gasteiger partial charge in [-0.3, -0.25) is 0 Å². The predicted molar refractivity (Wildman–Crippen MR) is 89.8 cm³/mol. The number of hydrogen-bond acceptors (Lipinski definition) is 2. The summed E-state index contributed by atoms with van der Waals surface area (Å²) in [6, 6.07) is 5.04. The summed E-state index contributed by atoms with van der Waals surface area (Å²) >= 11 is 3.42. The second-order valence-corrected chi connectivity index (χ2v) is 7.66. The number of hydrogen-bond donors (Lipinski definition) is 1. The van der Waals surface area contributed by atoms with Crippen LogP contribution in [0.3, 0.4) is 0 Å². The molecule has 21 heavy (non-hydrogen) atoms. The minimum atomic E-state index is -0.161. The van der Waals surface area contributed by atoms with Crippen molar-refractivity contribution in [2.45, 2.75) is 50.6 Å². The SMILES string of the molecule is CC1CCCC(C(N)Cc2cc(Br)ccc2F)(N(C)C)C1. The Labute approximate surface area is 136 Å². The lowest BCUT2D eigenvalue weighted by atomic mass is 9.70. The first-order valence-corrected chi connectivity index (χ1v) is 8.51. The Bertz CT molecular complexity index is 492. The van der Waals surface area contributed by atoms with Crippen LogP contribution < -0.4 is 5.73 Å². The van der Waals surface area contributed by atoms with Gasteiger partial charge < -0.3 is 10.6 Å². The average Bonchev–Trinajstić information content (AvgIpc) is 2.42. The van der Waals surface area contributed by atoms with Crippen molar-refractivity contribution in [3.05, 3.63) is 34.1 Å². The number of rotatable bonds is 4. The van der Waals surface area contributed by atoms with Crippen LogP contribution in [0.2, 0.25) is 0 Å². The fourth-order valence-corrected chi connectivity index (χ4v) is 4.17. The van der Waals surface area contributed by atoms with Crippen molar-refractivity contribution in [2.24, 2.45) is 11.7 Å². The van der Waals surface area contributed by atoms with Crippen molar-refractivity contribution in [1.82, 2.24) is 4.90 Å². The highest BCUT2D eigenvalue weighted by molar-refractivity contribution is 9.10. The molecule has 1 saturated carbocycles. The van der Waals surface area contributed by atoms with Gasteiger partial charge in [0.25, 0.3) is 0 Å². The Morgan fingerprint density at radius 3 is 2.81 bits per heavy atom. The van der Waals surface area contributed by atoms with Crippen LogP contribution in [0, 0.1) is 11.7 Å². The van der Waals surface area contributed by atoms with Gasteiger partial charge in [0.05, 0.1) is 0 Å². The highest BCUT2D eigenvalue weighted by atomic mass is 79.9. The summed E-state index contributed by atoms with van der Waals surface area (Å²) in [5.41, 5.74) is 7.26. The number of likely N-dealkylation sites (N-methyl/N-ethyl adjacent to an activating group) is 1. The van der Waals surface area contributed by atoms with Crippen molar-refractivity contribution < 1.29 is 4.39 Å². The van der Waals surface area contributed by atoms with Crippen LogP contribution in [-0.2, 0) is 6.42 Å². The third-order valence-corrected chi connectivity index (χ3v) is 5.53. The molecule has 0 bridgehead atoms. The van der Waals surface area contributed by atoms with E-state index in [0.717, 1.165) is 17.3 Å². The molecule has 1 fully saturated rings. The molecule has 118 valence electrons. The van der Waals surface area contributed by atoms with E-state index in [1.807, 2.05) is 6.07 Å². The number of nitrogens with zero attached hydrogens (tertiary/aromatic N) is 1. The van der Waals surface area contributed by atoms with Gasteiger partial charge in [0.1, 0.15) is 5.82 Å². The standard InChI is InChI=1S/C17H26BrFN2/c1-12-5-4-8-17(11-12,21(2)3)16(20)10-13-9-14(18)6-7-15(13)19/h6-7,9,12,16H,4-5,8,10-11,20H2,1-3H3. The summed E-state index contributed by atoms with van der Waals surface area (Å²) in [4.78, 5) is 2.27. The minimum absolute atomic E-state index is 0.0214. The molecule has 0 heterocycles. The molecule has 2 rings (SSSR count). The monoisotopic (exact) mass is 356 g/mol. The van der Waals surface area contributed by atoms with Crippen LogP contribution in [0.25, 0.3) is 0 Å². The number of benzene rings is 1. The molecule has 0 amide bonds. The van der Waals surface area contributed by atoms with E-state index in [1.165, 1.54) is 18.9 Å². The van der Waals surface area contributed by atoms with E-state index >= 15 is 0 Å². The number of halogens is 2. The molecule has 1 aliphatic rings. The van der Waals surface area contributed by atoms with Gasteiger partial charge in [-0.2, -0.15) is 0 Å². The van der Waals surface area contributed by atoms with Crippen molar-refractivity contribution >= 4 is 15.9 Å². The molecular weight excluding hydrogens is 331 g/mol. The summed E-state index contributed by atoms with van der Waals surface area (Å²) in [6.07, 6.45) is 5.25. The molecule has 0 aliphatic heterocycles. The summed E-state index contributed by atoms with van der Waals surface area (Å²) < 4.78 is 14.9. The summed E-state index contributed by atoms with van der Waals surface area (Å²) in [6.45, 7) is 2.30. The normalized spacial score (nSPS) is 27.9. The van der Waals surface area contributed by atoms with E-state index in [2.05, 4.69) is 41.8 Å². The Morgan fingerprint density at radius 1 is 1.48 bits per heavy atom. The maximum Gasteiger partial charge on any atom is 0.126 e. The lowest BCUT2D eigenvalue weighted by Crippen LogP contribution is -2.60. The van der Waals surface area contributed by atoms with Crippen molar-refractivity contribution in [2.75, 3.05) is 14.1 Å². The fraction of sp³-hybridized carbons (Fsp3) is 0.647. The van der Waals surface area contributed by atoms with E-state index < -0.39 is 0 Å². The van der Waals surface area contributed by atoms with E-state index in [-0.39, 0.29) is 17.4 Å². The van der Waals surface area contributed by atoms with Gasteiger partial charge in [-0.25, -0.2) is 4.39 Å². The molecule has 3 unspecified atom stereocenters. The van der Waals surface area contributed by atoms with Crippen molar-refractivity contribution in [3.8, 4) is 0 Å². The second kappa shape index (κ2) is 6.76. The van der Waals surface area contributed by atoms with Crippen molar-refractivity contribution in [1.29, 1.82) is 0 Å². The van der Waals surface area contributed by atoms with Gasteiger partial charge in [0.15, 0.2) is 0 Å². The first-order valence-electron chi connectivity index (χ1n) is 7.72. The first kappa shape index (κ1) is 16.9. The molecule has 1 aromatic carbocycles. The Hall–Kier alpha value is -0.450. The van der Waals surface area contributed by atoms with Crippen LogP contribution >= 0.6 is 15.9 Å². The van der Waals surface area contributed by atoms with Crippen LogP contribution in [0.15, 0.2) is 22.7 Å². The second-order valence-electron chi connectivity index (χ2n) is 6.75. The molecule has 0 spiro atoms. The molecule has 1 aliphatic carbocycles. The molecule has 4 heteroatoms. The zero-order valence-corrected chi connectivity index (χ0v) is 14.8. The summed E-state index contributed by atoms with van der Waals surface area (Å²) in [5, 5.41) is 0. The maximum absolute atomic E-state index is 14.0. The van der Waals surface area contributed by atoms with E-state index in [0.29, 0.717) is 17.9 Å². The smallest absolute Gasteiger partial charge is 0.126 e. The van der Waals surface area contributed by atoms with Crippen molar-refractivity contribution in [3.63, 3.8) is 0 Å². The third kappa shape index (κ3) is 3.66. The molecule has 0 aromatic heterocycles. The highest BCUT2D eigenvalue weighted by Crippen LogP contribution is 2.38. The van der Waals surface area contributed by atoms with Crippen LogP contribution in [0.1, 0.15) is 38.2 Å². The van der Waals surface area contributed by atoms with E-state index in [9.17, 15) is 4.39 Å². The summed E-state index contributed by atoms with van der Waals surface area (Å²) in [5.74, 6) is 0.519. The maximum atomic E-state index is 14.0. The van der Waals surface area contributed by atoms with Gasteiger partial charge in [0, 0.05) is 16.1 Å². The molecule has 0 radical (unpaired) electrons. The molecule has 2 nitrogen and oxygen atoms in total. The van der Waals surface area contributed by atoms with Gasteiger partial charge in [-0.15, -0.1) is 0 Å². The zero-order chi connectivity index (χ0) is 15.6. The molecule has 1 aromatic rings. The quantitative estimate of drug-likeness (QED) is 0.884. The predicted octanol–water partition coefficient (Wildman–Crippen LogP) is 3.97. The Kier molecular flexibility index (Phi) is 5.44. The van der Waals surface area contributed by atoms with Crippen LogP contribution in [-0.4, -0.2) is 30.6 Å². The Morgan fingerprint density at radius 2 is 2.19 bits per heavy atom. The first-order chi connectivity index (χ1) is 9.85. The summed E-state index contributed by atoms with van der Waals surface area (Å²) in [7, 11) is 4.21. The lowest BCUT2D eigenvalue weighted by molar-refractivity contribution is 0.0501. The molecule has 2 N–H and O–H groups in total. The van der Waals surface area contributed by atoms with E-state index in [4.69, 9.17) is 5.73 Å². The van der Waals surface area contributed by atoms with Crippen LogP contribution in [0.4, 0.5) is 4.39 Å². The van der Waals surface area contributed by atoms with Crippen LogP contribution in [0.5, 0.6) is 0 Å². The topological polar surface area (TPSA) is 29.3 Å².